The second kappa shape index (κ2) is 12.6. The summed E-state index contributed by atoms with van der Waals surface area (Å²) in [5.41, 5.74) is -1.28. The number of hydrogen-bond donors (Lipinski definition) is 2. The van der Waals surface area contributed by atoms with Crippen LogP contribution in [0.4, 0.5) is 18.9 Å². The van der Waals surface area contributed by atoms with Crippen LogP contribution in [0.3, 0.4) is 0 Å². The van der Waals surface area contributed by atoms with E-state index in [1.165, 1.54) is 12.1 Å². The van der Waals surface area contributed by atoms with Crippen molar-refractivity contribution in [1.82, 2.24) is 4.31 Å². The monoisotopic (exact) mass is 583 g/mol. The molecule has 10 heteroatoms. The molecule has 3 aromatic rings. The van der Waals surface area contributed by atoms with E-state index < -0.39 is 39.8 Å². The quantitative estimate of drug-likeness (QED) is 0.325. The number of carbonyl (C=O) groups is 1. The lowest BCUT2D eigenvalue weighted by Crippen LogP contribution is -2.51. The minimum absolute atomic E-state index is 0.0253. The van der Waals surface area contributed by atoms with Crippen LogP contribution in [-0.4, -0.2) is 39.2 Å². The number of alkyl halides is 3. The van der Waals surface area contributed by atoms with Gasteiger partial charge in [-0.1, -0.05) is 55.7 Å². The summed E-state index contributed by atoms with van der Waals surface area (Å²) >= 11 is 0. The van der Waals surface area contributed by atoms with Gasteiger partial charge in [0.2, 0.25) is 0 Å². The van der Waals surface area contributed by atoms with Crippen molar-refractivity contribution in [3.8, 4) is 17.2 Å². The number of nitrogens with one attached hydrogen (secondary N) is 1. The van der Waals surface area contributed by atoms with Gasteiger partial charge in [-0.2, -0.15) is 18.4 Å². The maximum Gasteiger partial charge on any atom is 0.417 e. The van der Waals surface area contributed by atoms with Crippen LogP contribution in [-0.2, 0) is 28.4 Å². The van der Waals surface area contributed by atoms with Crippen LogP contribution in [0.15, 0.2) is 71.6 Å². The van der Waals surface area contributed by atoms with E-state index >= 15 is 0 Å². The Hall–Kier alpha value is -3.52. The van der Waals surface area contributed by atoms with E-state index in [9.17, 15) is 27.3 Å². The van der Waals surface area contributed by atoms with Crippen LogP contribution >= 0.6 is 0 Å². The fourth-order valence-corrected chi connectivity index (χ4v) is 6.12. The zero-order chi connectivity index (χ0) is 29.8. The number of amides is 1. The molecule has 0 spiro atoms. The van der Waals surface area contributed by atoms with Gasteiger partial charge >= 0.3 is 6.18 Å². The molecule has 0 heterocycles. The van der Waals surface area contributed by atoms with Gasteiger partial charge in [-0.05, 0) is 79.9 Å². The Kier molecular flexibility index (Phi) is 9.32. The van der Waals surface area contributed by atoms with Gasteiger partial charge in [0.25, 0.3) is 5.91 Å². The first-order valence-electron chi connectivity index (χ1n) is 13.4. The summed E-state index contributed by atoms with van der Waals surface area (Å²) in [5, 5.41) is 23.5. The molecule has 2 atom stereocenters. The van der Waals surface area contributed by atoms with Crippen LogP contribution in [0, 0.1) is 17.2 Å². The standard InChI is InChI=1S/C31H32F3N3O3S/c1-37(2)41(40)27-15-12-22(13-16-27)23-8-6-7-21(17-23)19-30(39,25-9-4-3-5-10-25)29(38)36-26-14-11-24(20-35)28(18-26)31(32,33)34/h6-8,11-18,25,39H,3-5,9-10,19H2,1-2H3,(H,36,38). The van der Waals surface area contributed by atoms with Crippen LogP contribution in [0.25, 0.3) is 11.1 Å². The summed E-state index contributed by atoms with van der Waals surface area (Å²) in [4.78, 5) is 14.3. The lowest BCUT2D eigenvalue weighted by Gasteiger charge is -2.37. The van der Waals surface area contributed by atoms with Gasteiger partial charge in [-0.15, -0.1) is 0 Å². The highest BCUT2D eigenvalue weighted by atomic mass is 32.2. The van der Waals surface area contributed by atoms with Crippen LogP contribution in [0.2, 0.25) is 0 Å². The number of nitrogens with zero attached hydrogens (tertiary/aromatic N) is 2. The molecule has 2 unspecified atom stereocenters. The van der Waals surface area contributed by atoms with Gasteiger partial charge in [0, 0.05) is 12.1 Å². The van der Waals surface area contributed by atoms with Gasteiger partial charge in [0.05, 0.1) is 22.1 Å². The number of benzene rings is 3. The average molecular weight is 584 g/mol. The second-order valence-electron chi connectivity index (χ2n) is 10.5. The third-order valence-corrected chi connectivity index (χ3v) is 8.84. The summed E-state index contributed by atoms with van der Waals surface area (Å²) in [6.45, 7) is 0. The smallest absolute Gasteiger partial charge is 0.379 e. The molecule has 216 valence electrons. The molecule has 0 aliphatic heterocycles. The highest BCUT2D eigenvalue weighted by molar-refractivity contribution is 7.82. The van der Waals surface area contributed by atoms with Gasteiger partial charge in [0.1, 0.15) is 16.6 Å². The van der Waals surface area contributed by atoms with E-state index in [0.29, 0.717) is 23.3 Å². The highest BCUT2D eigenvalue weighted by Gasteiger charge is 2.44. The number of nitriles is 1. The summed E-state index contributed by atoms with van der Waals surface area (Å²) in [6, 6.07) is 19.2. The molecule has 1 amide bonds. The molecule has 4 rings (SSSR count). The molecule has 1 fully saturated rings. The van der Waals surface area contributed by atoms with Crippen molar-refractivity contribution < 1.29 is 27.3 Å². The maximum absolute atomic E-state index is 13.6. The molecule has 41 heavy (non-hydrogen) atoms. The zero-order valence-corrected chi connectivity index (χ0v) is 23.7. The number of aliphatic hydroxyl groups is 1. The molecule has 1 aliphatic carbocycles. The van der Waals surface area contributed by atoms with Gasteiger partial charge in [-0.25, -0.2) is 8.51 Å². The predicted octanol–water partition coefficient (Wildman–Crippen LogP) is 6.32. The first-order valence-corrected chi connectivity index (χ1v) is 14.5. The number of halogens is 3. The molecular weight excluding hydrogens is 551 g/mol. The van der Waals surface area contributed by atoms with Crippen molar-refractivity contribution in [1.29, 1.82) is 5.26 Å². The normalized spacial score (nSPS) is 16.5. The molecule has 0 aromatic heterocycles. The lowest BCUT2D eigenvalue weighted by atomic mass is 9.73. The van der Waals surface area contributed by atoms with Crippen molar-refractivity contribution in [3.05, 3.63) is 83.4 Å². The molecule has 2 N–H and O–H groups in total. The van der Waals surface area contributed by atoms with Crippen LogP contribution in [0.1, 0.15) is 48.8 Å². The Morgan fingerprint density at radius 1 is 1.02 bits per heavy atom. The van der Waals surface area contributed by atoms with E-state index in [4.69, 9.17) is 5.26 Å². The molecule has 1 saturated carbocycles. The van der Waals surface area contributed by atoms with Crippen molar-refractivity contribution in [2.45, 2.75) is 55.2 Å². The molecule has 6 nitrogen and oxygen atoms in total. The number of hydrogen-bond acceptors (Lipinski definition) is 4. The summed E-state index contributed by atoms with van der Waals surface area (Å²) in [7, 11) is 2.19. The Morgan fingerprint density at radius 3 is 2.32 bits per heavy atom. The van der Waals surface area contributed by atoms with Gasteiger partial charge < -0.3 is 10.4 Å². The molecule has 0 radical (unpaired) electrons. The lowest BCUT2D eigenvalue weighted by molar-refractivity contribution is -0.142. The fraction of sp³-hybridized carbons (Fsp3) is 0.355. The highest BCUT2D eigenvalue weighted by Crippen LogP contribution is 2.38. The van der Waals surface area contributed by atoms with Crippen molar-refractivity contribution in [3.63, 3.8) is 0 Å². The maximum atomic E-state index is 13.6. The van der Waals surface area contributed by atoms with E-state index in [0.717, 1.165) is 42.5 Å². The van der Waals surface area contributed by atoms with Crippen LogP contribution in [0.5, 0.6) is 0 Å². The van der Waals surface area contributed by atoms with Crippen LogP contribution < -0.4 is 5.32 Å². The Bertz CT molecular complexity index is 1460. The van der Waals surface area contributed by atoms with Crippen molar-refractivity contribution in [2.75, 3.05) is 19.4 Å². The first kappa shape index (κ1) is 30.4. The topological polar surface area (TPSA) is 93.4 Å². The zero-order valence-electron chi connectivity index (χ0n) is 22.9. The Morgan fingerprint density at radius 2 is 1.71 bits per heavy atom. The molecule has 3 aromatic carbocycles. The van der Waals surface area contributed by atoms with Crippen molar-refractivity contribution in [2.24, 2.45) is 5.92 Å². The average Bonchev–Trinajstić information content (AvgIpc) is 2.96. The number of anilines is 1. The third-order valence-electron chi connectivity index (χ3n) is 7.50. The minimum Gasteiger partial charge on any atom is -0.379 e. The number of rotatable bonds is 8. The van der Waals surface area contributed by atoms with Gasteiger partial charge in [-0.3, -0.25) is 4.79 Å². The summed E-state index contributed by atoms with van der Waals surface area (Å²) < 4.78 is 54.5. The molecular formula is C31H32F3N3O3S. The first-order chi connectivity index (χ1) is 19.4. The fourth-order valence-electron chi connectivity index (χ4n) is 5.33. The number of carbonyl (C=O) groups excluding carboxylic acids is 1. The SMILES string of the molecule is CN(C)S(=O)c1ccc(-c2cccc(CC(O)(C(=O)Nc3ccc(C#N)c(C(F)(F)F)c3)C3CCCCC3)c2)cc1. The van der Waals surface area contributed by atoms with E-state index in [1.54, 1.807) is 30.5 Å². The van der Waals surface area contributed by atoms with E-state index in [-0.39, 0.29) is 18.0 Å². The summed E-state index contributed by atoms with van der Waals surface area (Å²) in [6.07, 6.45) is -0.881. The second-order valence-corrected chi connectivity index (χ2v) is 12.2. The Labute approximate surface area is 240 Å². The predicted molar refractivity (Wildman–Crippen MR) is 152 cm³/mol. The minimum atomic E-state index is -4.77. The molecule has 0 saturated heterocycles. The third kappa shape index (κ3) is 7.04. The van der Waals surface area contributed by atoms with E-state index in [2.05, 4.69) is 5.32 Å². The van der Waals surface area contributed by atoms with Crippen molar-refractivity contribution >= 4 is 22.6 Å². The van der Waals surface area contributed by atoms with Gasteiger partial charge in [0.15, 0.2) is 0 Å². The van der Waals surface area contributed by atoms with E-state index in [1.807, 2.05) is 36.4 Å². The Balaban J connectivity index is 1.63. The largest absolute Gasteiger partial charge is 0.417 e. The summed E-state index contributed by atoms with van der Waals surface area (Å²) in [5.74, 6) is -1.15. The molecule has 0 bridgehead atoms. The molecule has 1 aliphatic rings.